The van der Waals surface area contributed by atoms with E-state index in [2.05, 4.69) is 4.72 Å². The van der Waals surface area contributed by atoms with E-state index in [1.165, 1.54) is 6.07 Å². The van der Waals surface area contributed by atoms with E-state index < -0.39 is 15.5 Å². The van der Waals surface area contributed by atoms with Crippen LogP contribution in [0.2, 0.25) is 0 Å². The van der Waals surface area contributed by atoms with Crippen molar-refractivity contribution in [1.82, 2.24) is 4.72 Å². The van der Waals surface area contributed by atoms with E-state index in [1.54, 1.807) is 19.1 Å². The van der Waals surface area contributed by atoms with Crippen LogP contribution in [-0.2, 0) is 23.0 Å². The van der Waals surface area contributed by atoms with Crippen molar-refractivity contribution in [2.75, 3.05) is 12.3 Å². The van der Waals surface area contributed by atoms with Crippen molar-refractivity contribution >= 4 is 21.8 Å². The maximum atomic E-state index is 12.2. The average Bonchev–Trinajstić information content (AvgIpc) is 2.42. The van der Waals surface area contributed by atoms with Crippen LogP contribution in [0.4, 0.5) is 13.2 Å². The van der Waals surface area contributed by atoms with Gasteiger partial charge in [-0.2, -0.15) is 13.2 Å². The van der Waals surface area contributed by atoms with E-state index in [0.29, 0.717) is 17.5 Å². The van der Waals surface area contributed by atoms with Gasteiger partial charge in [-0.1, -0.05) is 19.1 Å². The first-order valence-corrected chi connectivity index (χ1v) is 8.68. The van der Waals surface area contributed by atoms with Crippen molar-refractivity contribution in [3.8, 4) is 0 Å². The van der Waals surface area contributed by atoms with E-state index in [9.17, 15) is 21.6 Å². The predicted octanol–water partition coefficient (Wildman–Crippen LogP) is 2.24. The molecule has 3 N–H and O–H groups in total. The summed E-state index contributed by atoms with van der Waals surface area (Å²) in [5, 5.41) is 0. The molecule has 0 bridgehead atoms. The van der Waals surface area contributed by atoms with Gasteiger partial charge in [-0.3, -0.25) is 0 Å². The molecule has 1 aromatic rings. The number of rotatable bonds is 7. The third-order valence-corrected chi connectivity index (χ3v) is 4.98. The molecule has 0 saturated heterocycles. The topological polar surface area (TPSA) is 72.2 Å². The van der Waals surface area contributed by atoms with Gasteiger partial charge >= 0.3 is 5.51 Å². The second kappa shape index (κ2) is 7.48. The zero-order valence-electron chi connectivity index (χ0n) is 11.4. The molecule has 120 valence electrons. The van der Waals surface area contributed by atoms with Gasteiger partial charge in [0.2, 0.25) is 10.0 Å². The molecule has 0 amide bonds. The number of hydrogen-bond donors (Lipinski definition) is 2. The van der Waals surface area contributed by atoms with Crippen LogP contribution in [0.1, 0.15) is 18.1 Å². The van der Waals surface area contributed by atoms with Crippen LogP contribution in [0.25, 0.3) is 0 Å². The average molecular weight is 342 g/mol. The largest absolute Gasteiger partial charge is 0.441 e. The van der Waals surface area contributed by atoms with Crippen molar-refractivity contribution < 1.29 is 21.6 Å². The minimum absolute atomic E-state index is 0.0740. The van der Waals surface area contributed by atoms with Crippen LogP contribution >= 0.6 is 11.8 Å². The Labute approximate surface area is 126 Å². The number of halogens is 3. The van der Waals surface area contributed by atoms with E-state index in [0.717, 1.165) is 0 Å². The summed E-state index contributed by atoms with van der Waals surface area (Å²) in [5.74, 6) is -0.374. The molecule has 21 heavy (non-hydrogen) atoms. The van der Waals surface area contributed by atoms with Crippen LogP contribution < -0.4 is 10.5 Å². The van der Waals surface area contributed by atoms with Gasteiger partial charge in [0.25, 0.3) is 0 Å². The molecule has 0 fully saturated rings. The van der Waals surface area contributed by atoms with Crippen LogP contribution in [0, 0.1) is 0 Å². The molecule has 0 aromatic heterocycles. The lowest BCUT2D eigenvalue weighted by molar-refractivity contribution is -0.0327. The van der Waals surface area contributed by atoms with Gasteiger partial charge < -0.3 is 5.73 Å². The minimum Gasteiger partial charge on any atom is -0.326 e. The molecule has 0 atom stereocenters. The van der Waals surface area contributed by atoms with Gasteiger partial charge in [-0.05, 0) is 35.4 Å². The van der Waals surface area contributed by atoms with E-state index in [1.807, 2.05) is 0 Å². The van der Waals surface area contributed by atoms with Gasteiger partial charge in [0.1, 0.15) is 0 Å². The molecule has 0 unspecified atom stereocenters. The van der Waals surface area contributed by atoms with E-state index in [-0.39, 0.29) is 35.5 Å². The molecule has 0 aliphatic heterocycles. The summed E-state index contributed by atoms with van der Waals surface area (Å²) >= 11 is -0.260. The predicted molar refractivity (Wildman–Crippen MR) is 77.4 cm³/mol. The van der Waals surface area contributed by atoms with Crippen molar-refractivity contribution in [2.45, 2.75) is 30.3 Å². The second-order valence-corrected chi connectivity index (χ2v) is 7.09. The molecule has 1 aromatic carbocycles. The van der Waals surface area contributed by atoms with Crippen molar-refractivity contribution in [2.24, 2.45) is 5.73 Å². The van der Waals surface area contributed by atoms with Crippen LogP contribution in [0.3, 0.4) is 0 Å². The number of hydrogen-bond acceptors (Lipinski definition) is 4. The fourth-order valence-electron chi connectivity index (χ4n) is 1.69. The summed E-state index contributed by atoms with van der Waals surface area (Å²) in [4.78, 5) is 0.0740. The molecular formula is C12H17F3N2O2S2. The number of alkyl halides is 3. The lowest BCUT2D eigenvalue weighted by atomic mass is 10.1. The maximum absolute atomic E-state index is 12.2. The highest BCUT2D eigenvalue weighted by molar-refractivity contribution is 8.00. The van der Waals surface area contributed by atoms with Crippen molar-refractivity contribution in [3.05, 3.63) is 29.3 Å². The number of nitrogens with one attached hydrogen (secondary N) is 1. The van der Waals surface area contributed by atoms with E-state index >= 15 is 0 Å². The third-order valence-electron chi connectivity index (χ3n) is 2.70. The molecule has 0 heterocycles. The summed E-state index contributed by atoms with van der Waals surface area (Å²) < 4.78 is 62.5. The van der Waals surface area contributed by atoms with Gasteiger partial charge in [0.05, 0.1) is 4.90 Å². The molecule has 0 aliphatic carbocycles. The zero-order chi connectivity index (χ0) is 16.1. The standard InChI is InChI=1S/C12H17F3N2O2S2/c1-2-10-4-3-9(8-16)7-11(10)21(18,19)17-5-6-20-12(13,14)15/h3-4,7,17H,2,5-6,8,16H2,1H3. The van der Waals surface area contributed by atoms with Crippen LogP contribution in [0.15, 0.2) is 23.1 Å². The number of benzene rings is 1. The van der Waals surface area contributed by atoms with E-state index in [4.69, 9.17) is 5.73 Å². The fourth-order valence-corrected chi connectivity index (χ4v) is 3.64. The lowest BCUT2D eigenvalue weighted by Gasteiger charge is -2.12. The Balaban J connectivity index is 2.82. The Morgan fingerprint density at radius 3 is 2.52 bits per heavy atom. The Bertz CT molecular complexity index is 574. The Kier molecular flexibility index (Phi) is 6.51. The van der Waals surface area contributed by atoms with Gasteiger partial charge in [-0.15, -0.1) is 0 Å². The Morgan fingerprint density at radius 2 is 2.00 bits per heavy atom. The second-order valence-electron chi connectivity index (χ2n) is 4.19. The summed E-state index contributed by atoms with van der Waals surface area (Å²) in [5.41, 5.74) is 2.37. The summed E-state index contributed by atoms with van der Waals surface area (Å²) in [6, 6.07) is 4.86. The van der Waals surface area contributed by atoms with Crippen LogP contribution in [0.5, 0.6) is 0 Å². The van der Waals surface area contributed by atoms with Gasteiger partial charge in [0.15, 0.2) is 0 Å². The molecule has 0 spiro atoms. The SMILES string of the molecule is CCc1ccc(CN)cc1S(=O)(=O)NCCSC(F)(F)F. The fraction of sp³-hybridized carbons (Fsp3) is 0.500. The quantitative estimate of drug-likeness (QED) is 0.746. The number of sulfonamides is 1. The first kappa shape index (κ1) is 18.3. The normalized spacial score (nSPS) is 12.6. The third kappa shape index (κ3) is 5.85. The highest BCUT2D eigenvalue weighted by Gasteiger charge is 2.28. The van der Waals surface area contributed by atoms with Crippen LogP contribution in [-0.4, -0.2) is 26.2 Å². The Morgan fingerprint density at radius 1 is 1.33 bits per heavy atom. The van der Waals surface area contributed by atoms with Gasteiger partial charge in [-0.25, -0.2) is 13.1 Å². The Hall–Kier alpha value is -0.770. The summed E-state index contributed by atoms with van der Waals surface area (Å²) in [7, 11) is -3.84. The molecule has 9 heteroatoms. The number of thioether (sulfide) groups is 1. The molecule has 0 saturated carbocycles. The summed E-state index contributed by atoms with van der Waals surface area (Å²) in [6.07, 6.45) is 0.498. The highest BCUT2D eigenvalue weighted by Crippen LogP contribution is 2.29. The first-order chi connectivity index (χ1) is 9.69. The summed E-state index contributed by atoms with van der Waals surface area (Å²) in [6.45, 7) is 1.70. The first-order valence-electron chi connectivity index (χ1n) is 6.22. The highest BCUT2D eigenvalue weighted by atomic mass is 32.2. The minimum atomic E-state index is -4.36. The van der Waals surface area contributed by atoms with Gasteiger partial charge in [0, 0.05) is 18.8 Å². The monoisotopic (exact) mass is 342 g/mol. The lowest BCUT2D eigenvalue weighted by Crippen LogP contribution is -2.27. The number of aryl methyl sites for hydroxylation is 1. The maximum Gasteiger partial charge on any atom is 0.441 e. The smallest absolute Gasteiger partial charge is 0.326 e. The molecule has 1 rings (SSSR count). The molecule has 4 nitrogen and oxygen atoms in total. The number of nitrogens with two attached hydrogens (primary N) is 1. The zero-order valence-corrected chi connectivity index (χ0v) is 13.0. The molecule has 0 radical (unpaired) electrons. The molecular weight excluding hydrogens is 325 g/mol. The van der Waals surface area contributed by atoms with Crippen molar-refractivity contribution in [1.29, 1.82) is 0 Å². The van der Waals surface area contributed by atoms with Crippen molar-refractivity contribution in [3.63, 3.8) is 0 Å². The molecule has 0 aliphatic rings.